The molecule has 0 N–H and O–H groups in total. The van der Waals surface area contributed by atoms with Crippen LogP contribution in [0.1, 0.15) is 40.8 Å². The molecular formula is C31H30O7. The van der Waals surface area contributed by atoms with Crippen molar-refractivity contribution in [3.63, 3.8) is 0 Å². The Morgan fingerprint density at radius 2 is 1.53 bits per heavy atom. The van der Waals surface area contributed by atoms with Crippen LogP contribution < -0.4 is 4.74 Å². The summed E-state index contributed by atoms with van der Waals surface area (Å²) in [5.41, 5.74) is 5.21. The van der Waals surface area contributed by atoms with E-state index >= 15 is 0 Å². The fourth-order valence-corrected chi connectivity index (χ4v) is 6.24. The van der Waals surface area contributed by atoms with Crippen molar-refractivity contribution >= 4 is 11.9 Å². The zero-order valence-corrected chi connectivity index (χ0v) is 21.7. The van der Waals surface area contributed by atoms with E-state index in [4.69, 9.17) is 23.7 Å². The third-order valence-electron chi connectivity index (χ3n) is 8.04. The molecule has 0 saturated carbocycles. The summed E-state index contributed by atoms with van der Waals surface area (Å²) in [6, 6.07) is 20.0. The van der Waals surface area contributed by atoms with Crippen LogP contribution in [0.15, 0.2) is 60.7 Å². The Bertz CT molecular complexity index is 1370. The van der Waals surface area contributed by atoms with Gasteiger partial charge in [-0.05, 0) is 34.7 Å². The van der Waals surface area contributed by atoms with E-state index in [0.717, 1.165) is 44.7 Å². The molecule has 7 nitrogen and oxygen atoms in total. The number of hydrogen-bond donors (Lipinski definition) is 0. The third-order valence-corrected chi connectivity index (χ3v) is 8.04. The Balaban J connectivity index is 1.49. The van der Waals surface area contributed by atoms with Crippen LogP contribution in [-0.2, 0) is 54.6 Å². The lowest BCUT2D eigenvalue weighted by molar-refractivity contribution is -0.168. The van der Waals surface area contributed by atoms with Crippen LogP contribution in [0, 0.1) is 5.41 Å². The molecule has 0 spiro atoms. The zero-order chi connectivity index (χ0) is 26.4. The molecule has 0 fully saturated rings. The number of hydrogen-bond acceptors (Lipinski definition) is 7. The van der Waals surface area contributed by atoms with E-state index in [0.29, 0.717) is 13.2 Å². The lowest BCUT2D eigenvalue weighted by Gasteiger charge is -2.37. The quantitative estimate of drug-likeness (QED) is 0.348. The van der Waals surface area contributed by atoms with Crippen molar-refractivity contribution in [2.45, 2.75) is 51.3 Å². The van der Waals surface area contributed by atoms with E-state index < -0.39 is 17.4 Å². The average molecular weight is 515 g/mol. The Kier molecular flexibility index (Phi) is 6.20. The highest BCUT2D eigenvalue weighted by molar-refractivity contribution is 6.02. The molecule has 38 heavy (non-hydrogen) atoms. The van der Waals surface area contributed by atoms with Crippen LogP contribution in [0.3, 0.4) is 0 Å². The molecule has 0 radical (unpaired) electrons. The molecule has 0 amide bonds. The fourth-order valence-electron chi connectivity index (χ4n) is 6.24. The van der Waals surface area contributed by atoms with Crippen molar-refractivity contribution in [2.75, 3.05) is 14.2 Å². The van der Waals surface area contributed by atoms with Crippen molar-refractivity contribution in [3.05, 3.63) is 88.5 Å². The maximum absolute atomic E-state index is 13.1. The zero-order valence-electron chi connectivity index (χ0n) is 21.7. The number of ether oxygens (including phenoxy) is 5. The largest absolute Gasteiger partial charge is 0.487 e. The maximum atomic E-state index is 13.1. The summed E-state index contributed by atoms with van der Waals surface area (Å²) >= 11 is 0. The Hall–Kier alpha value is -3.68. The molecule has 6 rings (SSSR count). The summed E-state index contributed by atoms with van der Waals surface area (Å²) in [5.74, 6) is -0.456. The van der Waals surface area contributed by atoms with E-state index in [-0.39, 0.29) is 31.2 Å². The molecule has 0 aromatic heterocycles. The molecule has 3 aliphatic rings. The molecular weight excluding hydrogens is 484 g/mol. The summed E-state index contributed by atoms with van der Waals surface area (Å²) < 4.78 is 29.7. The number of fused-ring (bicyclic) bond motifs is 2. The molecule has 196 valence electrons. The van der Waals surface area contributed by atoms with Crippen molar-refractivity contribution in [1.82, 2.24) is 0 Å². The maximum Gasteiger partial charge on any atom is 0.323 e. The molecule has 7 heteroatoms. The summed E-state index contributed by atoms with van der Waals surface area (Å²) in [5, 5.41) is 0. The van der Waals surface area contributed by atoms with Crippen LogP contribution in [0.5, 0.6) is 5.75 Å². The SMILES string of the molecule is COC(=O)C1(C(=O)OC)Cc2c(c(-c3ccccc3)c3c4c2CO[C@@H]4[C@@H](OCc2ccccc2)[C@H](C)O3)C1. The first-order chi connectivity index (χ1) is 18.5. The number of methoxy groups -OCH3 is 2. The van der Waals surface area contributed by atoms with Gasteiger partial charge in [-0.15, -0.1) is 0 Å². The Labute approximate surface area is 221 Å². The van der Waals surface area contributed by atoms with Crippen LogP contribution in [0.4, 0.5) is 0 Å². The number of carbonyl (C=O) groups excluding carboxylic acids is 2. The van der Waals surface area contributed by atoms with Gasteiger partial charge in [0.1, 0.15) is 24.1 Å². The first kappa shape index (κ1) is 24.6. The summed E-state index contributed by atoms with van der Waals surface area (Å²) in [7, 11) is 2.60. The van der Waals surface area contributed by atoms with Crippen LogP contribution in [0.25, 0.3) is 11.1 Å². The van der Waals surface area contributed by atoms with E-state index in [1.54, 1.807) is 0 Å². The fraction of sp³-hybridized carbons (Fsp3) is 0.355. The monoisotopic (exact) mass is 514 g/mol. The Morgan fingerprint density at radius 1 is 0.895 bits per heavy atom. The lowest BCUT2D eigenvalue weighted by atomic mass is 9.84. The predicted molar refractivity (Wildman–Crippen MR) is 138 cm³/mol. The van der Waals surface area contributed by atoms with Crippen molar-refractivity contribution in [3.8, 4) is 16.9 Å². The molecule has 3 aromatic carbocycles. The van der Waals surface area contributed by atoms with Crippen LogP contribution >= 0.6 is 0 Å². The average Bonchev–Trinajstić information content (AvgIpc) is 3.57. The Morgan fingerprint density at radius 3 is 2.18 bits per heavy atom. The van der Waals surface area contributed by atoms with Crippen molar-refractivity contribution in [2.24, 2.45) is 5.41 Å². The standard InChI is InChI=1S/C31H30O7/c1-18-26(36-16-19-10-6-4-7-11-19)28-25-23(17-37-28)21-14-31(29(32)34-2,30(33)35-3)15-22(21)24(27(25)38-18)20-12-8-5-9-13-20/h4-13,18,26,28H,14-17H2,1-3H3/t18-,26-,28-/m0/s1. The second-order valence-corrected chi connectivity index (χ2v) is 10.2. The first-order valence-electron chi connectivity index (χ1n) is 12.8. The molecule has 2 heterocycles. The van der Waals surface area contributed by atoms with Gasteiger partial charge in [-0.25, -0.2) is 0 Å². The highest BCUT2D eigenvalue weighted by atomic mass is 16.6. The van der Waals surface area contributed by atoms with Gasteiger partial charge in [-0.3, -0.25) is 9.59 Å². The molecule has 1 aliphatic carbocycles. The van der Waals surface area contributed by atoms with Gasteiger partial charge in [0.25, 0.3) is 0 Å². The van der Waals surface area contributed by atoms with Gasteiger partial charge < -0.3 is 23.7 Å². The normalized spacial score (nSPS) is 22.2. The molecule has 0 saturated heterocycles. The minimum absolute atomic E-state index is 0.169. The number of benzene rings is 3. The van der Waals surface area contributed by atoms with Gasteiger partial charge in [-0.2, -0.15) is 0 Å². The predicted octanol–water partition coefficient (Wildman–Crippen LogP) is 4.72. The lowest BCUT2D eigenvalue weighted by Crippen LogP contribution is -2.42. The number of esters is 2. The van der Waals surface area contributed by atoms with Gasteiger partial charge in [0, 0.05) is 24.0 Å². The highest BCUT2D eigenvalue weighted by Gasteiger charge is 2.56. The van der Waals surface area contributed by atoms with E-state index in [1.807, 2.05) is 67.6 Å². The molecule has 0 unspecified atom stereocenters. The van der Waals surface area contributed by atoms with E-state index in [2.05, 4.69) is 0 Å². The molecule has 3 aromatic rings. The smallest absolute Gasteiger partial charge is 0.323 e. The van der Waals surface area contributed by atoms with Gasteiger partial charge in [0.15, 0.2) is 5.41 Å². The van der Waals surface area contributed by atoms with Gasteiger partial charge in [-0.1, -0.05) is 60.7 Å². The summed E-state index contributed by atoms with van der Waals surface area (Å²) in [6.45, 7) is 2.78. The topological polar surface area (TPSA) is 80.3 Å². The van der Waals surface area contributed by atoms with Gasteiger partial charge in [0.2, 0.25) is 0 Å². The third kappa shape index (κ3) is 3.72. The minimum atomic E-state index is -1.46. The number of rotatable bonds is 6. The van der Waals surface area contributed by atoms with E-state index in [1.165, 1.54) is 14.2 Å². The second-order valence-electron chi connectivity index (χ2n) is 10.2. The minimum Gasteiger partial charge on any atom is -0.487 e. The summed E-state index contributed by atoms with van der Waals surface area (Å²) in [4.78, 5) is 26.2. The van der Waals surface area contributed by atoms with Crippen LogP contribution in [-0.4, -0.2) is 38.4 Å². The van der Waals surface area contributed by atoms with E-state index in [9.17, 15) is 9.59 Å². The van der Waals surface area contributed by atoms with Gasteiger partial charge >= 0.3 is 11.9 Å². The number of carbonyl (C=O) groups is 2. The van der Waals surface area contributed by atoms with Crippen LogP contribution in [0.2, 0.25) is 0 Å². The molecule has 2 aliphatic heterocycles. The second kappa shape index (κ2) is 9.57. The molecule has 3 atom stereocenters. The first-order valence-corrected chi connectivity index (χ1v) is 12.8. The molecule has 0 bridgehead atoms. The van der Waals surface area contributed by atoms with Crippen molar-refractivity contribution in [1.29, 1.82) is 0 Å². The van der Waals surface area contributed by atoms with Gasteiger partial charge in [0.05, 0.1) is 27.4 Å². The summed E-state index contributed by atoms with van der Waals surface area (Å²) in [6.07, 6.45) is -0.576. The highest BCUT2D eigenvalue weighted by Crippen LogP contribution is 2.56. The van der Waals surface area contributed by atoms with Crippen molar-refractivity contribution < 1.29 is 33.3 Å².